The molecule has 0 fully saturated rings. The van der Waals surface area contributed by atoms with Gasteiger partial charge in [0.05, 0.1) is 0 Å². The molecule has 0 aliphatic heterocycles. The first-order valence-electron chi connectivity index (χ1n) is 5.85. The summed E-state index contributed by atoms with van der Waals surface area (Å²) >= 11 is 0. The summed E-state index contributed by atoms with van der Waals surface area (Å²) in [6, 6.07) is 8.81. The number of aryl methyl sites for hydroxylation is 1. The minimum atomic E-state index is 0.286. The molecule has 1 aromatic carbocycles. The Hall–Kier alpha value is -0.900. The topological polar surface area (TPSA) is 47.3 Å². The van der Waals surface area contributed by atoms with Gasteiger partial charge in [-0.15, -0.1) is 0 Å². The smallest absolute Gasteiger partial charge is 0.0481 e. The number of rotatable bonds is 7. The highest BCUT2D eigenvalue weighted by Crippen LogP contribution is 2.08. The molecule has 1 unspecified atom stereocenters. The van der Waals surface area contributed by atoms with Crippen LogP contribution in [-0.2, 0) is 11.2 Å². The third kappa shape index (κ3) is 4.75. The maximum Gasteiger partial charge on any atom is 0.0481 e. The Morgan fingerprint density at radius 3 is 2.88 bits per heavy atom. The molecular weight excluding hydrogens is 200 g/mol. The number of nitrogens with one attached hydrogen (secondary N) is 1. The minimum absolute atomic E-state index is 0.286. The Kier molecular flexibility index (Phi) is 6.08. The highest BCUT2D eigenvalue weighted by atomic mass is 16.5. The van der Waals surface area contributed by atoms with Gasteiger partial charge in [-0.1, -0.05) is 29.8 Å². The second-order valence-electron chi connectivity index (χ2n) is 4.04. The van der Waals surface area contributed by atoms with E-state index in [1.54, 1.807) is 0 Å². The monoisotopic (exact) mass is 222 g/mol. The Balaban J connectivity index is 2.43. The van der Waals surface area contributed by atoms with Gasteiger partial charge in [0, 0.05) is 19.3 Å². The summed E-state index contributed by atoms with van der Waals surface area (Å²) in [7, 11) is 0. The fourth-order valence-electron chi connectivity index (χ4n) is 1.74. The molecule has 16 heavy (non-hydrogen) atoms. The van der Waals surface area contributed by atoms with Gasteiger partial charge in [-0.2, -0.15) is 0 Å². The van der Waals surface area contributed by atoms with Gasteiger partial charge in [0.2, 0.25) is 0 Å². The van der Waals surface area contributed by atoms with Crippen LogP contribution in [0.25, 0.3) is 0 Å². The van der Waals surface area contributed by atoms with E-state index in [1.165, 1.54) is 11.1 Å². The lowest BCUT2D eigenvalue weighted by atomic mass is 10.0. The SMILES string of the molecule is CCOCCC(Cc1cccc(C)c1)NN. The van der Waals surface area contributed by atoms with Gasteiger partial charge in [0.25, 0.3) is 0 Å². The molecule has 0 aliphatic rings. The van der Waals surface area contributed by atoms with Crippen molar-refractivity contribution in [3.05, 3.63) is 35.4 Å². The van der Waals surface area contributed by atoms with E-state index in [0.29, 0.717) is 0 Å². The summed E-state index contributed by atoms with van der Waals surface area (Å²) in [5.41, 5.74) is 5.46. The van der Waals surface area contributed by atoms with E-state index >= 15 is 0 Å². The number of ether oxygens (including phenoxy) is 1. The summed E-state index contributed by atoms with van der Waals surface area (Å²) in [5, 5.41) is 0. The van der Waals surface area contributed by atoms with E-state index in [0.717, 1.165) is 26.1 Å². The molecule has 1 aromatic rings. The highest BCUT2D eigenvalue weighted by Gasteiger charge is 2.07. The van der Waals surface area contributed by atoms with Crippen molar-refractivity contribution >= 4 is 0 Å². The van der Waals surface area contributed by atoms with E-state index in [9.17, 15) is 0 Å². The van der Waals surface area contributed by atoms with Crippen molar-refractivity contribution in [2.45, 2.75) is 32.7 Å². The number of nitrogens with two attached hydrogens (primary N) is 1. The normalized spacial score (nSPS) is 12.7. The van der Waals surface area contributed by atoms with Gasteiger partial charge < -0.3 is 4.74 Å². The van der Waals surface area contributed by atoms with Crippen LogP contribution < -0.4 is 11.3 Å². The van der Waals surface area contributed by atoms with Gasteiger partial charge in [0.15, 0.2) is 0 Å². The van der Waals surface area contributed by atoms with Crippen molar-refractivity contribution in [1.29, 1.82) is 0 Å². The molecule has 90 valence electrons. The number of hydrogen-bond donors (Lipinski definition) is 2. The van der Waals surface area contributed by atoms with E-state index in [2.05, 4.69) is 36.6 Å². The predicted molar refractivity (Wildman–Crippen MR) is 67.1 cm³/mol. The van der Waals surface area contributed by atoms with Gasteiger partial charge >= 0.3 is 0 Å². The number of benzene rings is 1. The molecule has 3 heteroatoms. The minimum Gasteiger partial charge on any atom is -0.382 e. The summed E-state index contributed by atoms with van der Waals surface area (Å²) in [4.78, 5) is 0. The zero-order chi connectivity index (χ0) is 11.8. The lowest BCUT2D eigenvalue weighted by Crippen LogP contribution is -2.37. The van der Waals surface area contributed by atoms with Crippen molar-refractivity contribution < 1.29 is 4.74 Å². The van der Waals surface area contributed by atoms with Crippen molar-refractivity contribution in [2.75, 3.05) is 13.2 Å². The average molecular weight is 222 g/mol. The Bertz CT molecular complexity index is 302. The van der Waals surface area contributed by atoms with Crippen LogP contribution in [-0.4, -0.2) is 19.3 Å². The largest absolute Gasteiger partial charge is 0.382 e. The van der Waals surface area contributed by atoms with Gasteiger partial charge in [-0.3, -0.25) is 11.3 Å². The fourth-order valence-corrected chi connectivity index (χ4v) is 1.74. The maximum absolute atomic E-state index is 5.54. The van der Waals surface area contributed by atoms with Crippen LogP contribution in [0.2, 0.25) is 0 Å². The quantitative estimate of drug-likeness (QED) is 0.420. The first kappa shape index (κ1) is 13.2. The standard InChI is InChI=1S/C13H22N2O/c1-3-16-8-7-13(15-14)10-12-6-4-5-11(2)9-12/h4-6,9,13,15H,3,7-8,10,14H2,1-2H3. The third-order valence-corrected chi connectivity index (χ3v) is 2.62. The molecule has 0 spiro atoms. The molecule has 0 bridgehead atoms. The van der Waals surface area contributed by atoms with E-state index in [4.69, 9.17) is 10.6 Å². The van der Waals surface area contributed by atoms with Crippen LogP contribution in [0.5, 0.6) is 0 Å². The molecule has 0 radical (unpaired) electrons. The number of hydrazine groups is 1. The molecule has 0 aliphatic carbocycles. The predicted octanol–water partition coefficient (Wildman–Crippen LogP) is 1.80. The van der Waals surface area contributed by atoms with Crippen molar-refractivity contribution in [3.8, 4) is 0 Å². The van der Waals surface area contributed by atoms with Gasteiger partial charge in [0.1, 0.15) is 0 Å². The Morgan fingerprint density at radius 1 is 1.44 bits per heavy atom. The molecule has 0 heterocycles. The molecule has 0 saturated carbocycles. The van der Waals surface area contributed by atoms with Crippen LogP contribution in [0, 0.1) is 6.92 Å². The average Bonchev–Trinajstić information content (AvgIpc) is 2.28. The zero-order valence-corrected chi connectivity index (χ0v) is 10.2. The molecule has 3 nitrogen and oxygen atoms in total. The van der Waals surface area contributed by atoms with E-state index < -0.39 is 0 Å². The van der Waals surface area contributed by atoms with Crippen LogP contribution in [0.15, 0.2) is 24.3 Å². The molecule has 3 N–H and O–H groups in total. The summed E-state index contributed by atoms with van der Waals surface area (Å²) in [6.07, 6.45) is 1.89. The summed E-state index contributed by atoms with van der Waals surface area (Å²) in [6.45, 7) is 5.64. The molecule has 0 aromatic heterocycles. The lowest BCUT2D eigenvalue weighted by Gasteiger charge is -2.16. The first-order chi connectivity index (χ1) is 7.76. The van der Waals surface area contributed by atoms with Crippen LogP contribution in [0.4, 0.5) is 0 Å². The van der Waals surface area contributed by atoms with Crippen LogP contribution in [0.3, 0.4) is 0 Å². The van der Waals surface area contributed by atoms with Crippen molar-refractivity contribution in [3.63, 3.8) is 0 Å². The van der Waals surface area contributed by atoms with Crippen molar-refractivity contribution in [2.24, 2.45) is 5.84 Å². The Morgan fingerprint density at radius 2 is 2.25 bits per heavy atom. The van der Waals surface area contributed by atoms with Crippen molar-refractivity contribution in [1.82, 2.24) is 5.43 Å². The van der Waals surface area contributed by atoms with Gasteiger partial charge in [-0.05, 0) is 32.3 Å². The van der Waals surface area contributed by atoms with E-state index in [1.807, 2.05) is 6.92 Å². The molecule has 1 atom stereocenters. The van der Waals surface area contributed by atoms with Gasteiger partial charge in [-0.25, -0.2) is 0 Å². The van der Waals surface area contributed by atoms with Crippen LogP contribution in [0.1, 0.15) is 24.5 Å². The van der Waals surface area contributed by atoms with Crippen LogP contribution >= 0.6 is 0 Å². The summed E-state index contributed by atoms with van der Waals surface area (Å²) in [5.74, 6) is 5.54. The molecule has 1 rings (SSSR count). The third-order valence-electron chi connectivity index (χ3n) is 2.62. The Labute approximate surface area is 98.0 Å². The van der Waals surface area contributed by atoms with E-state index in [-0.39, 0.29) is 6.04 Å². The second-order valence-corrected chi connectivity index (χ2v) is 4.04. The first-order valence-corrected chi connectivity index (χ1v) is 5.85. The zero-order valence-electron chi connectivity index (χ0n) is 10.2. The highest BCUT2D eigenvalue weighted by molar-refractivity contribution is 5.22. The number of hydrogen-bond acceptors (Lipinski definition) is 3. The molecule has 0 amide bonds. The second kappa shape index (κ2) is 7.39. The molecule has 0 saturated heterocycles. The summed E-state index contributed by atoms with van der Waals surface area (Å²) < 4.78 is 5.33. The lowest BCUT2D eigenvalue weighted by molar-refractivity contribution is 0.136. The molecular formula is C13H22N2O. The maximum atomic E-state index is 5.54. The fraction of sp³-hybridized carbons (Fsp3) is 0.538.